The Kier molecular flexibility index (Phi) is 5.04. The van der Waals surface area contributed by atoms with Crippen LogP contribution in [0.2, 0.25) is 5.02 Å². The van der Waals surface area contributed by atoms with Gasteiger partial charge in [0.15, 0.2) is 0 Å². The zero-order chi connectivity index (χ0) is 14.5. The van der Waals surface area contributed by atoms with E-state index in [1.807, 2.05) is 6.07 Å². The van der Waals surface area contributed by atoms with Crippen molar-refractivity contribution < 1.29 is 4.92 Å². The number of rotatable bonds is 5. The van der Waals surface area contributed by atoms with Crippen LogP contribution in [0.4, 0.5) is 5.69 Å². The Morgan fingerprint density at radius 1 is 1.20 bits per heavy atom. The van der Waals surface area contributed by atoms with Gasteiger partial charge in [0.05, 0.1) is 4.92 Å². The van der Waals surface area contributed by atoms with E-state index in [1.54, 1.807) is 23.9 Å². The fourth-order valence-electron chi connectivity index (χ4n) is 1.87. The first kappa shape index (κ1) is 14.9. The van der Waals surface area contributed by atoms with E-state index in [0.717, 1.165) is 11.3 Å². The molecule has 0 bridgehead atoms. The Bertz CT molecular complexity index is 631. The normalized spacial score (nSPS) is 10.5. The summed E-state index contributed by atoms with van der Waals surface area (Å²) in [4.78, 5) is 10.4. The maximum absolute atomic E-state index is 10.8. The molecule has 0 N–H and O–H groups in total. The zero-order valence-corrected chi connectivity index (χ0v) is 12.6. The van der Waals surface area contributed by atoms with Crippen molar-refractivity contribution in [3.05, 3.63) is 74.3 Å². The van der Waals surface area contributed by atoms with Gasteiger partial charge in [-0.1, -0.05) is 41.4 Å². The van der Waals surface area contributed by atoms with Gasteiger partial charge in [-0.25, -0.2) is 0 Å². The SMILES string of the molecule is Cc1cccc(CSCc2cc([N+](=O)[O-])ccc2Cl)c1. The molecule has 20 heavy (non-hydrogen) atoms. The number of thioether (sulfide) groups is 1. The number of benzene rings is 2. The minimum absolute atomic E-state index is 0.0838. The second kappa shape index (κ2) is 6.77. The molecule has 0 aliphatic rings. The van der Waals surface area contributed by atoms with Gasteiger partial charge in [0, 0.05) is 28.7 Å². The fourth-order valence-corrected chi connectivity index (χ4v) is 3.11. The van der Waals surface area contributed by atoms with Gasteiger partial charge in [-0.2, -0.15) is 11.8 Å². The van der Waals surface area contributed by atoms with Crippen LogP contribution in [0.1, 0.15) is 16.7 Å². The Hall–Kier alpha value is -1.52. The quantitative estimate of drug-likeness (QED) is 0.577. The largest absolute Gasteiger partial charge is 0.269 e. The molecule has 0 fully saturated rings. The highest BCUT2D eigenvalue weighted by molar-refractivity contribution is 7.97. The fraction of sp³-hybridized carbons (Fsp3) is 0.200. The first-order chi connectivity index (χ1) is 9.56. The number of hydrogen-bond donors (Lipinski definition) is 0. The van der Waals surface area contributed by atoms with E-state index in [0.29, 0.717) is 10.8 Å². The molecule has 2 rings (SSSR count). The molecule has 0 aliphatic heterocycles. The van der Waals surface area contributed by atoms with Crippen LogP contribution in [0.3, 0.4) is 0 Å². The Balaban J connectivity index is 2.00. The van der Waals surface area contributed by atoms with Crippen molar-refractivity contribution in [2.24, 2.45) is 0 Å². The van der Waals surface area contributed by atoms with E-state index in [4.69, 9.17) is 11.6 Å². The Morgan fingerprint density at radius 2 is 2.00 bits per heavy atom. The molecule has 0 unspecified atom stereocenters. The van der Waals surface area contributed by atoms with Crippen LogP contribution in [0.15, 0.2) is 42.5 Å². The van der Waals surface area contributed by atoms with Crippen LogP contribution >= 0.6 is 23.4 Å². The molecular weight excluding hydrogens is 294 g/mol. The van der Waals surface area contributed by atoms with E-state index in [-0.39, 0.29) is 5.69 Å². The minimum atomic E-state index is -0.398. The summed E-state index contributed by atoms with van der Waals surface area (Å²) in [5, 5.41) is 11.3. The third-order valence-corrected chi connectivity index (χ3v) is 4.27. The summed E-state index contributed by atoms with van der Waals surface area (Å²) in [6, 6.07) is 12.9. The van der Waals surface area contributed by atoms with Crippen molar-refractivity contribution in [3.8, 4) is 0 Å². The molecule has 0 amide bonds. The molecule has 2 aromatic carbocycles. The molecule has 0 atom stereocenters. The molecule has 0 spiro atoms. The van der Waals surface area contributed by atoms with Crippen LogP contribution in [-0.4, -0.2) is 4.92 Å². The van der Waals surface area contributed by atoms with Crippen LogP contribution in [0, 0.1) is 17.0 Å². The Morgan fingerprint density at radius 3 is 2.70 bits per heavy atom. The highest BCUT2D eigenvalue weighted by Gasteiger charge is 2.09. The topological polar surface area (TPSA) is 43.1 Å². The summed E-state index contributed by atoms with van der Waals surface area (Å²) in [7, 11) is 0. The van der Waals surface area contributed by atoms with Gasteiger partial charge in [0.1, 0.15) is 0 Å². The summed E-state index contributed by atoms with van der Waals surface area (Å²) in [5.74, 6) is 1.52. The summed E-state index contributed by atoms with van der Waals surface area (Å²) in [5.41, 5.74) is 3.37. The standard InChI is InChI=1S/C15H14ClNO2S/c1-11-3-2-4-12(7-11)9-20-10-13-8-14(17(18)19)5-6-15(13)16/h2-8H,9-10H2,1H3. The number of nitro groups is 1. The van der Waals surface area contributed by atoms with E-state index in [9.17, 15) is 10.1 Å². The lowest BCUT2D eigenvalue weighted by atomic mass is 10.2. The number of hydrogen-bond acceptors (Lipinski definition) is 3. The predicted molar refractivity (Wildman–Crippen MR) is 84.3 cm³/mol. The summed E-state index contributed by atoms with van der Waals surface area (Å²) in [6.45, 7) is 2.06. The van der Waals surface area contributed by atoms with Crippen LogP contribution < -0.4 is 0 Å². The van der Waals surface area contributed by atoms with Crippen molar-refractivity contribution >= 4 is 29.1 Å². The van der Waals surface area contributed by atoms with Crippen LogP contribution in [-0.2, 0) is 11.5 Å². The van der Waals surface area contributed by atoms with Crippen molar-refractivity contribution in [1.29, 1.82) is 0 Å². The molecule has 0 aliphatic carbocycles. The first-order valence-corrected chi connectivity index (χ1v) is 7.65. The van der Waals surface area contributed by atoms with Crippen molar-refractivity contribution in [2.75, 3.05) is 0 Å². The number of halogens is 1. The first-order valence-electron chi connectivity index (χ1n) is 6.12. The zero-order valence-electron chi connectivity index (χ0n) is 11.0. The molecule has 0 saturated carbocycles. The van der Waals surface area contributed by atoms with Gasteiger partial charge in [-0.15, -0.1) is 0 Å². The van der Waals surface area contributed by atoms with Gasteiger partial charge in [-0.05, 0) is 24.1 Å². The summed E-state index contributed by atoms with van der Waals surface area (Å²) >= 11 is 7.77. The molecule has 104 valence electrons. The van der Waals surface area contributed by atoms with Crippen molar-refractivity contribution in [2.45, 2.75) is 18.4 Å². The molecule has 3 nitrogen and oxygen atoms in total. The monoisotopic (exact) mass is 307 g/mol. The average Bonchev–Trinajstić information content (AvgIpc) is 2.40. The van der Waals surface area contributed by atoms with E-state index in [1.165, 1.54) is 17.2 Å². The lowest BCUT2D eigenvalue weighted by Gasteiger charge is -2.05. The second-order valence-electron chi connectivity index (χ2n) is 4.51. The number of aryl methyl sites for hydroxylation is 1. The average molecular weight is 308 g/mol. The number of nitrogens with zero attached hydrogens (tertiary/aromatic N) is 1. The number of nitro benzene ring substituents is 1. The third kappa shape index (κ3) is 3.99. The molecule has 0 heterocycles. The lowest BCUT2D eigenvalue weighted by molar-refractivity contribution is -0.384. The Labute approximate surface area is 127 Å². The van der Waals surface area contributed by atoms with Crippen LogP contribution in [0.25, 0.3) is 0 Å². The maximum atomic E-state index is 10.8. The molecular formula is C15H14ClNO2S. The van der Waals surface area contributed by atoms with Gasteiger partial charge < -0.3 is 0 Å². The molecule has 5 heteroatoms. The second-order valence-corrected chi connectivity index (χ2v) is 5.91. The summed E-state index contributed by atoms with van der Waals surface area (Å²) in [6.07, 6.45) is 0. The van der Waals surface area contributed by atoms with Crippen LogP contribution in [0.5, 0.6) is 0 Å². The molecule has 0 saturated heterocycles. The van der Waals surface area contributed by atoms with E-state index >= 15 is 0 Å². The molecule has 2 aromatic rings. The highest BCUT2D eigenvalue weighted by atomic mass is 35.5. The number of non-ortho nitro benzene ring substituents is 1. The summed E-state index contributed by atoms with van der Waals surface area (Å²) < 4.78 is 0. The van der Waals surface area contributed by atoms with Gasteiger partial charge in [0.25, 0.3) is 5.69 Å². The van der Waals surface area contributed by atoms with E-state index < -0.39 is 4.92 Å². The van der Waals surface area contributed by atoms with Crippen molar-refractivity contribution in [1.82, 2.24) is 0 Å². The third-order valence-electron chi connectivity index (χ3n) is 2.85. The smallest absolute Gasteiger partial charge is 0.258 e. The van der Waals surface area contributed by atoms with E-state index in [2.05, 4.69) is 25.1 Å². The van der Waals surface area contributed by atoms with Gasteiger partial charge in [0.2, 0.25) is 0 Å². The lowest BCUT2D eigenvalue weighted by Crippen LogP contribution is -1.91. The highest BCUT2D eigenvalue weighted by Crippen LogP contribution is 2.27. The maximum Gasteiger partial charge on any atom is 0.269 e. The van der Waals surface area contributed by atoms with Crippen molar-refractivity contribution in [3.63, 3.8) is 0 Å². The molecule has 0 radical (unpaired) electrons. The predicted octanol–water partition coefficient (Wildman–Crippen LogP) is 4.99. The van der Waals surface area contributed by atoms with Gasteiger partial charge in [-0.3, -0.25) is 10.1 Å². The van der Waals surface area contributed by atoms with Gasteiger partial charge >= 0.3 is 0 Å². The minimum Gasteiger partial charge on any atom is -0.258 e. The molecule has 0 aromatic heterocycles.